The van der Waals surface area contributed by atoms with Gasteiger partial charge in [0.2, 0.25) is 0 Å². The maximum Gasteiger partial charge on any atom is 0.0573 e. The summed E-state index contributed by atoms with van der Waals surface area (Å²) >= 11 is 0. The summed E-state index contributed by atoms with van der Waals surface area (Å²) in [6.07, 6.45) is 5.80. The minimum atomic E-state index is 0.627. The molecule has 20 heavy (non-hydrogen) atoms. The summed E-state index contributed by atoms with van der Waals surface area (Å²) in [5.74, 6) is 0.777. The van der Waals surface area contributed by atoms with E-state index in [9.17, 15) is 0 Å². The van der Waals surface area contributed by atoms with Crippen LogP contribution in [0.3, 0.4) is 0 Å². The molecule has 0 radical (unpaired) electrons. The molecule has 2 atom stereocenters. The Morgan fingerprint density at radius 1 is 1.50 bits per heavy atom. The number of aromatic nitrogens is 1. The molecule has 1 saturated heterocycles. The number of likely N-dealkylation sites (tertiary alicyclic amines) is 1. The van der Waals surface area contributed by atoms with E-state index < -0.39 is 0 Å². The fourth-order valence-corrected chi connectivity index (χ4v) is 3.08. The third-order valence-corrected chi connectivity index (χ3v) is 4.46. The Bertz CT molecular complexity index is 405. The molecule has 1 aromatic heterocycles. The maximum atomic E-state index is 4.53. The number of rotatable bonds is 6. The Kier molecular flexibility index (Phi) is 5.99. The SMILES string of the molecule is CCCNC(C)C1CCCN(Cc2ncccc2C)C1. The molecule has 0 saturated carbocycles. The molecule has 0 bridgehead atoms. The normalized spacial score (nSPS) is 21.9. The molecule has 1 aromatic rings. The van der Waals surface area contributed by atoms with E-state index in [4.69, 9.17) is 0 Å². The lowest BCUT2D eigenvalue weighted by Crippen LogP contribution is -2.44. The Morgan fingerprint density at radius 2 is 2.35 bits per heavy atom. The van der Waals surface area contributed by atoms with E-state index in [-0.39, 0.29) is 0 Å². The highest BCUT2D eigenvalue weighted by Gasteiger charge is 2.24. The second-order valence-corrected chi connectivity index (χ2v) is 6.15. The van der Waals surface area contributed by atoms with E-state index in [2.05, 4.69) is 42.0 Å². The average molecular weight is 275 g/mol. The summed E-state index contributed by atoms with van der Waals surface area (Å²) < 4.78 is 0. The third-order valence-electron chi connectivity index (χ3n) is 4.46. The maximum absolute atomic E-state index is 4.53. The molecule has 1 N–H and O–H groups in total. The molecule has 1 fully saturated rings. The molecule has 2 rings (SSSR count). The second-order valence-electron chi connectivity index (χ2n) is 6.15. The molecule has 0 aromatic carbocycles. The lowest BCUT2D eigenvalue weighted by Gasteiger charge is -2.36. The van der Waals surface area contributed by atoms with Crippen LogP contribution in [0, 0.1) is 12.8 Å². The highest BCUT2D eigenvalue weighted by Crippen LogP contribution is 2.21. The minimum absolute atomic E-state index is 0.627. The molecule has 2 heterocycles. The largest absolute Gasteiger partial charge is 0.314 e. The summed E-state index contributed by atoms with van der Waals surface area (Å²) in [4.78, 5) is 7.11. The highest BCUT2D eigenvalue weighted by atomic mass is 15.1. The van der Waals surface area contributed by atoms with Crippen molar-refractivity contribution in [3.8, 4) is 0 Å². The number of nitrogens with one attached hydrogen (secondary N) is 1. The molecule has 3 heteroatoms. The summed E-state index contributed by atoms with van der Waals surface area (Å²) in [5, 5.41) is 3.66. The zero-order valence-corrected chi connectivity index (χ0v) is 13.2. The number of aryl methyl sites for hydroxylation is 1. The Morgan fingerprint density at radius 3 is 3.10 bits per heavy atom. The van der Waals surface area contributed by atoms with Gasteiger partial charge in [-0.15, -0.1) is 0 Å². The molecule has 1 aliphatic rings. The van der Waals surface area contributed by atoms with Gasteiger partial charge in [0.15, 0.2) is 0 Å². The van der Waals surface area contributed by atoms with Crippen LogP contribution in [0.2, 0.25) is 0 Å². The number of hydrogen-bond acceptors (Lipinski definition) is 3. The van der Waals surface area contributed by atoms with Gasteiger partial charge >= 0.3 is 0 Å². The lowest BCUT2D eigenvalue weighted by atomic mass is 9.91. The standard InChI is InChI=1S/C17H29N3/c1-4-9-18-15(3)16-8-6-11-20(12-16)13-17-14(2)7-5-10-19-17/h5,7,10,15-16,18H,4,6,8-9,11-13H2,1-3H3. The molecule has 0 aliphatic carbocycles. The fraction of sp³-hybridized carbons (Fsp3) is 0.706. The van der Waals surface area contributed by atoms with Crippen molar-refractivity contribution >= 4 is 0 Å². The van der Waals surface area contributed by atoms with Gasteiger partial charge in [0.1, 0.15) is 0 Å². The highest BCUT2D eigenvalue weighted by molar-refractivity contribution is 5.17. The quantitative estimate of drug-likeness (QED) is 0.865. The zero-order chi connectivity index (χ0) is 14.4. The summed E-state index contributed by atoms with van der Waals surface area (Å²) in [6.45, 7) is 11.3. The van der Waals surface area contributed by atoms with Crippen molar-refractivity contribution in [3.63, 3.8) is 0 Å². The predicted octanol–water partition coefficient (Wildman–Crippen LogP) is 2.99. The van der Waals surface area contributed by atoms with Crippen molar-refractivity contribution in [3.05, 3.63) is 29.6 Å². The monoisotopic (exact) mass is 275 g/mol. The zero-order valence-electron chi connectivity index (χ0n) is 13.2. The number of nitrogens with zero attached hydrogens (tertiary/aromatic N) is 2. The number of piperidine rings is 1. The van der Waals surface area contributed by atoms with Crippen LogP contribution in [0.4, 0.5) is 0 Å². The van der Waals surface area contributed by atoms with E-state index >= 15 is 0 Å². The predicted molar refractivity (Wildman–Crippen MR) is 84.7 cm³/mol. The second kappa shape index (κ2) is 7.75. The van der Waals surface area contributed by atoms with Gasteiger partial charge < -0.3 is 5.32 Å². The van der Waals surface area contributed by atoms with Gasteiger partial charge in [0.05, 0.1) is 5.69 Å². The molecule has 112 valence electrons. The number of pyridine rings is 1. The first-order valence-corrected chi connectivity index (χ1v) is 8.07. The van der Waals surface area contributed by atoms with Gasteiger partial charge in [-0.3, -0.25) is 9.88 Å². The van der Waals surface area contributed by atoms with Crippen LogP contribution in [-0.2, 0) is 6.54 Å². The molecule has 1 aliphatic heterocycles. The van der Waals surface area contributed by atoms with Crippen molar-refractivity contribution < 1.29 is 0 Å². The van der Waals surface area contributed by atoms with Gasteiger partial charge in [-0.2, -0.15) is 0 Å². The smallest absolute Gasteiger partial charge is 0.0573 e. The average Bonchev–Trinajstić information content (AvgIpc) is 2.47. The van der Waals surface area contributed by atoms with Crippen molar-refractivity contribution in [2.45, 2.75) is 52.6 Å². The van der Waals surface area contributed by atoms with Crippen LogP contribution < -0.4 is 5.32 Å². The first kappa shape index (κ1) is 15.5. The summed E-state index contributed by atoms with van der Waals surface area (Å²) in [5.41, 5.74) is 2.55. The molecule has 3 nitrogen and oxygen atoms in total. The van der Waals surface area contributed by atoms with Crippen LogP contribution in [0.5, 0.6) is 0 Å². The van der Waals surface area contributed by atoms with Gasteiger partial charge in [-0.05, 0) is 63.7 Å². The van der Waals surface area contributed by atoms with Gasteiger partial charge in [-0.25, -0.2) is 0 Å². The van der Waals surface area contributed by atoms with Crippen LogP contribution in [-0.4, -0.2) is 35.6 Å². The molecular weight excluding hydrogens is 246 g/mol. The van der Waals surface area contributed by atoms with Crippen LogP contribution in [0.25, 0.3) is 0 Å². The Labute approximate surface area is 123 Å². The number of hydrogen-bond donors (Lipinski definition) is 1. The summed E-state index contributed by atoms with van der Waals surface area (Å²) in [7, 11) is 0. The van der Waals surface area contributed by atoms with E-state index in [0.717, 1.165) is 19.0 Å². The molecular formula is C17H29N3. The van der Waals surface area contributed by atoms with Crippen molar-refractivity contribution in [1.82, 2.24) is 15.2 Å². The fourth-order valence-electron chi connectivity index (χ4n) is 3.08. The van der Waals surface area contributed by atoms with Gasteiger partial charge in [0.25, 0.3) is 0 Å². The summed E-state index contributed by atoms with van der Waals surface area (Å²) in [6, 6.07) is 4.81. The van der Waals surface area contributed by atoms with E-state index in [1.807, 2.05) is 12.3 Å². The first-order chi connectivity index (χ1) is 9.70. The van der Waals surface area contributed by atoms with Crippen LogP contribution >= 0.6 is 0 Å². The van der Waals surface area contributed by atoms with Crippen LogP contribution in [0.1, 0.15) is 44.4 Å². The molecule has 0 amide bonds. The van der Waals surface area contributed by atoms with Crippen molar-refractivity contribution in [2.75, 3.05) is 19.6 Å². The van der Waals surface area contributed by atoms with E-state index in [0.29, 0.717) is 6.04 Å². The third kappa shape index (κ3) is 4.29. The van der Waals surface area contributed by atoms with Gasteiger partial charge in [-0.1, -0.05) is 13.0 Å². The van der Waals surface area contributed by atoms with Gasteiger partial charge in [0, 0.05) is 25.3 Å². The van der Waals surface area contributed by atoms with Crippen molar-refractivity contribution in [1.29, 1.82) is 0 Å². The molecule has 0 spiro atoms. The first-order valence-electron chi connectivity index (χ1n) is 8.07. The minimum Gasteiger partial charge on any atom is -0.314 e. The van der Waals surface area contributed by atoms with E-state index in [1.54, 1.807) is 0 Å². The Hall–Kier alpha value is -0.930. The van der Waals surface area contributed by atoms with Crippen molar-refractivity contribution in [2.24, 2.45) is 5.92 Å². The topological polar surface area (TPSA) is 28.2 Å². The Balaban J connectivity index is 1.89. The lowest BCUT2D eigenvalue weighted by molar-refractivity contribution is 0.143. The molecule has 2 unspecified atom stereocenters. The van der Waals surface area contributed by atoms with E-state index in [1.165, 1.54) is 43.6 Å². The van der Waals surface area contributed by atoms with Crippen LogP contribution in [0.15, 0.2) is 18.3 Å².